The number of hydrogen-bond acceptors (Lipinski definition) is 3. The monoisotopic (exact) mass is 325 g/mol. The molecular weight excluding hydrogens is 302 g/mol. The number of anilines is 1. The van der Waals surface area contributed by atoms with Gasteiger partial charge in [-0.2, -0.15) is 0 Å². The van der Waals surface area contributed by atoms with Crippen molar-refractivity contribution in [2.45, 2.75) is 32.6 Å². The number of carbonyl (C=O) groups is 2. The minimum absolute atomic E-state index is 0. The van der Waals surface area contributed by atoms with Gasteiger partial charge in [0.2, 0.25) is 5.91 Å². The lowest BCUT2D eigenvalue weighted by molar-refractivity contribution is -0.120. The van der Waals surface area contributed by atoms with Crippen LogP contribution in [0.2, 0.25) is 0 Å². The Kier molecular flexibility index (Phi) is 7.74. The molecule has 0 atom stereocenters. The van der Waals surface area contributed by atoms with Gasteiger partial charge in [-0.3, -0.25) is 9.59 Å². The zero-order valence-electron chi connectivity index (χ0n) is 12.9. The summed E-state index contributed by atoms with van der Waals surface area (Å²) in [6, 6.07) is 5.74. The highest BCUT2D eigenvalue weighted by Crippen LogP contribution is 2.25. The van der Waals surface area contributed by atoms with E-state index in [1.165, 1.54) is 0 Å². The molecule has 5 nitrogen and oxygen atoms in total. The molecule has 6 heteroatoms. The van der Waals surface area contributed by atoms with Gasteiger partial charge in [-0.15, -0.1) is 12.4 Å². The van der Waals surface area contributed by atoms with Crippen molar-refractivity contribution in [3.8, 4) is 0 Å². The van der Waals surface area contributed by atoms with Crippen LogP contribution in [0.25, 0.3) is 0 Å². The average molecular weight is 326 g/mol. The van der Waals surface area contributed by atoms with Crippen LogP contribution in [-0.4, -0.2) is 31.4 Å². The third-order valence-corrected chi connectivity index (χ3v) is 3.55. The van der Waals surface area contributed by atoms with E-state index in [1.807, 2.05) is 25.1 Å². The third kappa shape index (κ3) is 4.91. The molecule has 0 radical (unpaired) electrons. The van der Waals surface area contributed by atoms with Crippen LogP contribution in [0.1, 0.15) is 42.1 Å². The second-order valence-electron chi connectivity index (χ2n) is 5.22. The lowest BCUT2D eigenvalue weighted by Crippen LogP contribution is -2.31. The maximum Gasteiger partial charge on any atom is 0.251 e. The van der Waals surface area contributed by atoms with Crippen LogP contribution in [0.3, 0.4) is 0 Å². The molecule has 2 amide bonds. The first-order chi connectivity index (χ1) is 10.2. The van der Waals surface area contributed by atoms with E-state index in [2.05, 4.69) is 16.0 Å². The van der Waals surface area contributed by atoms with Gasteiger partial charge in [0.05, 0.1) is 0 Å². The van der Waals surface area contributed by atoms with Gasteiger partial charge in [-0.1, -0.05) is 13.0 Å². The Morgan fingerprint density at radius 3 is 2.82 bits per heavy atom. The molecule has 0 aromatic heterocycles. The molecular formula is C16H24ClN3O2. The SMILES string of the molecule is CCCNC(=O)CCNC(=O)c1cccc2c1CCCN2.Cl. The first kappa shape index (κ1) is 18.3. The molecule has 0 aliphatic carbocycles. The lowest BCUT2D eigenvalue weighted by atomic mass is 9.97. The topological polar surface area (TPSA) is 70.2 Å². The minimum Gasteiger partial charge on any atom is -0.385 e. The van der Waals surface area contributed by atoms with Crippen molar-refractivity contribution in [1.82, 2.24) is 10.6 Å². The molecule has 0 unspecified atom stereocenters. The average Bonchev–Trinajstić information content (AvgIpc) is 2.52. The molecule has 0 saturated carbocycles. The lowest BCUT2D eigenvalue weighted by Gasteiger charge is -2.20. The van der Waals surface area contributed by atoms with E-state index in [1.54, 1.807) is 0 Å². The van der Waals surface area contributed by atoms with E-state index < -0.39 is 0 Å². The maximum atomic E-state index is 12.2. The van der Waals surface area contributed by atoms with Gasteiger partial charge in [0.25, 0.3) is 5.91 Å². The Bertz CT molecular complexity index is 520. The van der Waals surface area contributed by atoms with Gasteiger partial charge in [-0.25, -0.2) is 0 Å². The molecule has 2 rings (SSSR count). The predicted molar refractivity (Wildman–Crippen MR) is 90.8 cm³/mol. The zero-order chi connectivity index (χ0) is 15.1. The van der Waals surface area contributed by atoms with Crippen LogP contribution >= 0.6 is 12.4 Å². The molecule has 22 heavy (non-hydrogen) atoms. The largest absolute Gasteiger partial charge is 0.385 e. The Hall–Kier alpha value is -1.75. The molecule has 0 fully saturated rings. The highest BCUT2D eigenvalue weighted by molar-refractivity contribution is 5.97. The second-order valence-corrected chi connectivity index (χ2v) is 5.22. The number of halogens is 1. The number of amides is 2. The molecule has 0 saturated heterocycles. The van der Waals surface area contributed by atoms with Gasteiger partial charge in [-0.05, 0) is 37.0 Å². The molecule has 1 aliphatic heterocycles. The Balaban J connectivity index is 0.00000242. The van der Waals surface area contributed by atoms with Crippen molar-refractivity contribution in [2.75, 3.05) is 25.0 Å². The van der Waals surface area contributed by atoms with Crippen molar-refractivity contribution in [3.05, 3.63) is 29.3 Å². The number of rotatable bonds is 6. The van der Waals surface area contributed by atoms with Gasteiger partial charge >= 0.3 is 0 Å². The summed E-state index contributed by atoms with van der Waals surface area (Å²) in [7, 11) is 0. The number of carbonyl (C=O) groups excluding carboxylic acids is 2. The standard InChI is InChI=1S/C16H23N3O2.ClH/c1-2-9-18-15(20)8-11-19-16(21)13-5-3-7-14-12(13)6-4-10-17-14;/h3,5,7,17H,2,4,6,8-11H2,1H3,(H,18,20)(H,19,21);1H. The van der Waals surface area contributed by atoms with E-state index in [0.29, 0.717) is 25.1 Å². The number of nitrogens with one attached hydrogen (secondary N) is 3. The van der Waals surface area contributed by atoms with Gasteiger partial charge < -0.3 is 16.0 Å². The van der Waals surface area contributed by atoms with Crippen LogP contribution in [0.4, 0.5) is 5.69 Å². The molecule has 122 valence electrons. The summed E-state index contributed by atoms with van der Waals surface area (Å²) in [6.07, 6.45) is 3.19. The smallest absolute Gasteiger partial charge is 0.251 e. The summed E-state index contributed by atoms with van der Waals surface area (Å²) in [5, 5.41) is 8.94. The number of fused-ring (bicyclic) bond motifs is 1. The van der Waals surface area contributed by atoms with E-state index in [4.69, 9.17) is 0 Å². The van der Waals surface area contributed by atoms with Gasteiger partial charge in [0.15, 0.2) is 0 Å². The normalized spacial score (nSPS) is 12.4. The summed E-state index contributed by atoms with van der Waals surface area (Å²) in [5.41, 5.74) is 2.85. The molecule has 1 aromatic rings. The molecule has 3 N–H and O–H groups in total. The molecule has 1 aliphatic rings. The van der Waals surface area contributed by atoms with Crippen molar-refractivity contribution < 1.29 is 9.59 Å². The third-order valence-electron chi connectivity index (χ3n) is 3.55. The van der Waals surface area contributed by atoms with Crippen LogP contribution in [-0.2, 0) is 11.2 Å². The summed E-state index contributed by atoms with van der Waals surface area (Å²) >= 11 is 0. The summed E-state index contributed by atoms with van der Waals surface area (Å²) in [5.74, 6) is -0.118. The summed E-state index contributed by atoms with van der Waals surface area (Å²) < 4.78 is 0. The van der Waals surface area contributed by atoms with Crippen molar-refractivity contribution in [2.24, 2.45) is 0 Å². The van der Waals surface area contributed by atoms with Crippen LogP contribution in [0.15, 0.2) is 18.2 Å². The Morgan fingerprint density at radius 2 is 2.05 bits per heavy atom. The van der Waals surface area contributed by atoms with Gasteiger partial charge in [0, 0.05) is 37.3 Å². The molecule has 0 spiro atoms. The predicted octanol–water partition coefficient (Wildman–Crippen LogP) is 2.11. The minimum atomic E-state index is -0.0983. The van der Waals surface area contributed by atoms with E-state index in [9.17, 15) is 9.59 Å². The first-order valence-electron chi connectivity index (χ1n) is 7.63. The van der Waals surface area contributed by atoms with E-state index in [-0.39, 0.29) is 24.2 Å². The molecule has 1 heterocycles. The van der Waals surface area contributed by atoms with Crippen LogP contribution in [0.5, 0.6) is 0 Å². The van der Waals surface area contributed by atoms with Crippen molar-refractivity contribution >= 4 is 29.9 Å². The summed E-state index contributed by atoms with van der Waals surface area (Å²) in [4.78, 5) is 23.7. The number of benzene rings is 1. The van der Waals surface area contributed by atoms with Crippen LogP contribution in [0, 0.1) is 0 Å². The van der Waals surface area contributed by atoms with Gasteiger partial charge in [0.1, 0.15) is 0 Å². The maximum absolute atomic E-state index is 12.2. The van der Waals surface area contributed by atoms with E-state index in [0.717, 1.165) is 37.1 Å². The second kappa shape index (κ2) is 9.30. The number of hydrogen-bond donors (Lipinski definition) is 3. The highest BCUT2D eigenvalue weighted by Gasteiger charge is 2.17. The fourth-order valence-corrected chi connectivity index (χ4v) is 2.46. The fourth-order valence-electron chi connectivity index (χ4n) is 2.46. The highest BCUT2D eigenvalue weighted by atomic mass is 35.5. The Labute approximate surface area is 137 Å². The quantitative estimate of drug-likeness (QED) is 0.750. The summed E-state index contributed by atoms with van der Waals surface area (Å²) in [6.45, 7) is 4.01. The fraction of sp³-hybridized carbons (Fsp3) is 0.500. The van der Waals surface area contributed by atoms with Crippen molar-refractivity contribution in [3.63, 3.8) is 0 Å². The molecule has 0 bridgehead atoms. The first-order valence-corrected chi connectivity index (χ1v) is 7.63. The zero-order valence-corrected chi connectivity index (χ0v) is 13.7. The van der Waals surface area contributed by atoms with Crippen molar-refractivity contribution in [1.29, 1.82) is 0 Å². The Morgan fingerprint density at radius 1 is 1.23 bits per heavy atom. The van der Waals surface area contributed by atoms with E-state index >= 15 is 0 Å². The van der Waals surface area contributed by atoms with Crippen LogP contribution < -0.4 is 16.0 Å². The molecule has 1 aromatic carbocycles.